The molecule has 106 valence electrons. The average molecular weight is 270 g/mol. The highest BCUT2D eigenvalue weighted by molar-refractivity contribution is 5.95. The molecule has 20 heavy (non-hydrogen) atoms. The molecular weight excluding hydrogens is 248 g/mol. The van der Waals surface area contributed by atoms with Crippen LogP contribution in [0.15, 0.2) is 18.2 Å². The Labute approximate surface area is 121 Å². The van der Waals surface area contributed by atoms with Crippen LogP contribution in [0.3, 0.4) is 0 Å². The minimum Gasteiger partial charge on any atom is -0.338 e. The molecule has 1 fully saturated rings. The monoisotopic (exact) mass is 270 g/mol. The van der Waals surface area contributed by atoms with Crippen LogP contribution in [0.4, 0.5) is 0 Å². The Kier molecular flexibility index (Phi) is 4.15. The quantitative estimate of drug-likeness (QED) is 0.795. The Bertz CT molecular complexity index is 578. The first-order chi connectivity index (χ1) is 9.41. The SMILES string of the molecule is Cc1cc(C#CCN)cc(C(=O)N2CCC(C)(C)C2)c1. The zero-order valence-corrected chi connectivity index (χ0v) is 12.5. The van der Waals surface area contributed by atoms with Crippen LogP contribution in [0.2, 0.25) is 0 Å². The number of likely N-dealkylation sites (tertiary alicyclic amines) is 1. The second-order valence-electron chi connectivity index (χ2n) is 6.23. The van der Waals surface area contributed by atoms with Crippen LogP contribution in [0.25, 0.3) is 0 Å². The molecule has 0 saturated carbocycles. The van der Waals surface area contributed by atoms with E-state index in [0.717, 1.165) is 36.2 Å². The molecule has 2 N–H and O–H groups in total. The van der Waals surface area contributed by atoms with Crippen LogP contribution in [0.1, 0.15) is 41.8 Å². The Balaban J connectivity index is 2.24. The molecule has 0 bridgehead atoms. The molecule has 0 radical (unpaired) electrons. The van der Waals surface area contributed by atoms with E-state index in [1.165, 1.54) is 0 Å². The third-order valence-electron chi connectivity index (χ3n) is 3.62. The fourth-order valence-corrected chi connectivity index (χ4v) is 2.60. The predicted molar refractivity (Wildman–Crippen MR) is 81.4 cm³/mol. The zero-order chi connectivity index (χ0) is 14.8. The third kappa shape index (κ3) is 3.40. The van der Waals surface area contributed by atoms with Gasteiger partial charge in [-0.1, -0.05) is 25.7 Å². The average Bonchev–Trinajstić information content (AvgIpc) is 2.75. The Morgan fingerprint density at radius 2 is 2.15 bits per heavy atom. The van der Waals surface area contributed by atoms with E-state index >= 15 is 0 Å². The highest BCUT2D eigenvalue weighted by atomic mass is 16.2. The first-order valence-electron chi connectivity index (χ1n) is 7.01. The number of carbonyl (C=O) groups is 1. The number of hydrogen-bond donors (Lipinski definition) is 1. The summed E-state index contributed by atoms with van der Waals surface area (Å²) in [6.07, 6.45) is 1.06. The van der Waals surface area contributed by atoms with Gasteiger partial charge in [-0.2, -0.15) is 0 Å². The van der Waals surface area contributed by atoms with Gasteiger partial charge < -0.3 is 10.6 Å². The van der Waals surface area contributed by atoms with E-state index in [-0.39, 0.29) is 11.3 Å². The van der Waals surface area contributed by atoms with Crippen LogP contribution < -0.4 is 5.73 Å². The van der Waals surface area contributed by atoms with Crippen molar-refractivity contribution in [1.82, 2.24) is 4.90 Å². The molecule has 1 amide bonds. The third-order valence-corrected chi connectivity index (χ3v) is 3.62. The molecular formula is C17H22N2O. The van der Waals surface area contributed by atoms with Gasteiger partial charge in [-0.25, -0.2) is 0 Å². The molecule has 0 aromatic heterocycles. The summed E-state index contributed by atoms with van der Waals surface area (Å²) in [6.45, 7) is 8.38. The van der Waals surface area contributed by atoms with Crippen molar-refractivity contribution in [2.45, 2.75) is 27.2 Å². The summed E-state index contributed by atoms with van der Waals surface area (Å²) >= 11 is 0. The highest BCUT2D eigenvalue weighted by Gasteiger charge is 2.32. The lowest BCUT2D eigenvalue weighted by Crippen LogP contribution is -2.30. The zero-order valence-electron chi connectivity index (χ0n) is 12.5. The lowest BCUT2D eigenvalue weighted by atomic mass is 9.93. The molecule has 1 aliphatic rings. The smallest absolute Gasteiger partial charge is 0.253 e. The molecule has 2 rings (SSSR count). The molecule has 3 heteroatoms. The van der Waals surface area contributed by atoms with Crippen LogP contribution in [0, 0.1) is 24.2 Å². The molecule has 1 saturated heterocycles. The van der Waals surface area contributed by atoms with Crippen molar-refractivity contribution in [2.24, 2.45) is 11.1 Å². The van der Waals surface area contributed by atoms with E-state index in [2.05, 4.69) is 25.7 Å². The van der Waals surface area contributed by atoms with Gasteiger partial charge in [-0.3, -0.25) is 4.79 Å². The van der Waals surface area contributed by atoms with Gasteiger partial charge in [0.2, 0.25) is 0 Å². The van der Waals surface area contributed by atoms with Gasteiger partial charge in [0.25, 0.3) is 5.91 Å². The topological polar surface area (TPSA) is 46.3 Å². The van der Waals surface area contributed by atoms with Gasteiger partial charge in [0.05, 0.1) is 6.54 Å². The number of amides is 1. The minimum absolute atomic E-state index is 0.107. The number of benzene rings is 1. The highest BCUT2D eigenvalue weighted by Crippen LogP contribution is 2.29. The molecule has 1 heterocycles. The van der Waals surface area contributed by atoms with E-state index in [4.69, 9.17) is 5.73 Å². The standard InChI is InChI=1S/C17H22N2O/c1-13-9-14(5-4-7-18)11-15(10-13)16(20)19-8-6-17(2,3)12-19/h9-11H,6-8,12,18H2,1-3H3. The first kappa shape index (κ1) is 14.6. The van der Waals surface area contributed by atoms with Gasteiger partial charge in [0.1, 0.15) is 0 Å². The number of carbonyl (C=O) groups excluding carboxylic acids is 1. The van der Waals surface area contributed by atoms with Gasteiger partial charge in [-0.15, -0.1) is 0 Å². The second kappa shape index (κ2) is 5.68. The number of hydrogen-bond acceptors (Lipinski definition) is 2. The first-order valence-corrected chi connectivity index (χ1v) is 7.01. The van der Waals surface area contributed by atoms with Crippen molar-refractivity contribution >= 4 is 5.91 Å². The van der Waals surface area contributed by atoms with Crippen molar-refractivity contribution in [3.05, 3.63) is 34.9 Å². The Hall–Kier alpha value is -1.79. The normalized spacial score (nSPS) is 16.7. The van der Waals surface area contributed by atoms with Crippen molar-refractivity contribution < 1.29 is 4.79 Å². The Morgan fingerprint density at radius 1 is 1.40 bits per heavy atom. The molecule has 0 atom stereocenters. The van der Waals surface area contributed by atoms with E-state index in [1.54, 1.807) is 0 Å². The van der Waals surface area contributed by atoms with Gasteiger partial charge >= 0.3 is 0 Å². The van der Waals surface area contributed by atoms with Gasteiger partial charge in [-0.05, 0) is 42.5 Å². The number of rotatable bonds is 1. The van der Waals surface area contributed by atoms with Crippen molar-refractivity contribution in [3.8, 4) is 11.8 Å². The molecule has 1 aromatic rings. The summed E-state index contributed by atoms with van der Waals surface area (Å²) in [6, 6.07) is 5.78. The molecule has 0 spiro atoms. The van der Waals surface area contributed by atoms with E-state index in [0.29, 0.717) is 6.54 Å². The summed E-state index contributed by atoms with van der Waals surface area (Å²) in [5.74, 6) is 5.94. The fraction of sp³-hybridized carbons (Fsp3) is 0.471. The largest absolute Gasteiger partial charge is 0.338 e. The van der Waals surface area contributed by atoms with E-state index < -0.39 is 0 Å². The molecule has 1 aromatic carbocycles. The van der Waals surface area contributed by atoms with Crippen molar-refractivity contribution in [3.63, 3.8) is 0 Å². The molecule has 3 nitrogen and oxygen atoms in total. The number of aryl methyl sites for hydroxylation is 1. The summed E-state index contributed by atoms with van der Waals surface area (Å²) < 4.78 is 0. The predicted octanol–water partition coefficient (Wildman–Crippen LogP) is 2.18. The summed E-state index contributed by atoms with van der Waals surface area (Å²) in [5.41, 5.74) is 8.25. The van der Waals surface area contributed by atoms with Crippen LogP contribution >= 0.6 is 0 Å². The van der Waals surface area contributed by atoms with E-state index in [9.17, 15) is 4.79 Å². The van der Waals surface area contributed by atoms with Crippen molar-refractivity contribution in [2.75, 3.05) is 19.6 Å². The second-order valence-corrected chi connectivity index (χ2v) is 6.23. The van der Waals surface area contributed by atoms with Crippen LogP contribution in [0.5, 0.6) is 0 Å². The maximum absolute atomic E-state index is 12.6. The van der Waals surface area contributed by atoms with Crippen LogP contribution in [-0.4, -0.2) is 30.4 Å². The number of nitrogens with two attached hydrogens (primary N) is 1. The molecule has 1 aliphatic heterocycles. The molecule has 0 unspecified atom stereocenters. The Morgan fingerprint density at radius 3 is 2.75 bits per heavy atom. The van der Waals surface area contributed by atoms with Gasteiger partial charge in [0.15, 0.2) is 0 Å². The van der Waals surface area contributed by atoms with Crippen LogP contribution in [-0.2, 0) is 0 Å². The van der Waals surface area contributed by atoms with E-state index in [1.807, 2.05) is 30.0 Å². The lowest BCUT2D eigenvalue weighted by molar-refractivity contribution is 0.0778. The summed E-state index contributed by atoms with van der Waals surface area (Å²) in [4.78, 5) is 14.5. The molecule has 0 aliphatic carbocycles. The fourth-order valence-electron chi connectivity index (χ4n) is 2.60. The maximum atomic E-state index is 12.6. The van der Waals surface area contributed by atoms with Crippen molar-refractivity contribution in [1.29, 1.82) is 0 Å². The maximum Gasteiger partial charge on any atom is 0.253 e. The summed E-state index contributed by atoms with van der Waals surface area (Å²) in [7, 11) is 0. The number of nitrogens with zero attached hydrogens (tertiary/aromatic N) is 1. The van der Waals surface area contributed by atoms with Gasteiger partial charge in [0, 0.05) is 24.2 Å². The minimum atomic E-state index is 0.107. The lowest BCUT2D eigenvalue weighted by Gasteiger charge is -2.20. The summed E-state index contributed by atoms with van der Waals surface area (Å²) in [5, 5.41) is 0.